The van der Waals surface area contributed by atoms with Crippen molar-refractivity contribution in [2.75, 3.05) is 53.4 Å². The third-order valence-electron chi connectivity index (χ3n) is 6.90. The summed E-state index contributed by atoms with van der Waals surface area (Å²) in [5.74, 6) is 0.0359. The van der Waals surface area contributed by atoms with Gasteiger partial charge < -0.3 is 24.8 Å². The molecule has 12 heteroatoms. The maximum Gasteiger partial charge on any atom is 0.410 e. The van der Waals surface area contributed by atoms with Crippen LogP contribution in [0, 0.1) is 5.82 Å². The van der Waals surface area contributed by atoms with E-state index in [0.717, 1.165) is 0 Å². The molecular formula is C29H33ClFN7O3. The highest BCUT2D eigenvalue weighted by atomic mass is 35.5. The molecule has 10 nitrogen and oxygen atoms in total. The van der Waals surface area contributed by atoms with Crippen molar-refractivity contribution < 1.29 is 18.7 Å². The Labute approximate surface area is 243 Å². The van der Waals surface area contributed by atoms with Gasteiger partial charge in [0, 0.05) is 44.6 Å². The van der Waals surface area contributed by atoms with Gasteiger partial charge in [0.05, 0.1) is 23.1 Å². The SMILES string of the molecule is CC1CN(c2ccc(Nc3ncc4c(n3)N(C)CN(c3ccccc3Cl)C4=O)cc2F)CCN1C(=O)OC(C)(C)C. The van der Waals surface area contributed by atoms with Gasteiger partial charge in [-0.1, -0.05) is 23.7 Å². The molecule has 1 aromatic heterocycles. The Morgan fingerprint density at radius 1 is 1.15 bits per heavy atom. The normalized spacial score (nSPS) is 17.4. The van der Waals surface area contributed by atoms with Crippen molar-refractivity contribution in [3.63, 3.8) is 0 Å². The molecule has 1 saturated heterocycles. The number of piperazine rings is 1. The summed E-state index contributed by atoms with van der Waals surface area (Å²) in [4.78, 5) is 41.6. The van der Waals surface area contributed by atoms with E-state index in [2.05, 4.69) is 15.3 Å². The summed E-state index contributed by atoms with van der Waals surface area (Å²) in [7, 11) is 1.82. The van der Waals surface area contributed by atoms with E-state index in [1.807, 2.05) is 56.7 Å². The Balaban J connectivity index is 1.27. The van der Waals surface area contributed by atoms with Gasteiger partial charge in [0.1, 0.15) is 22.8 Å². The standard InChI is InChI=1S/C29H33ClFN7O3/c1-18-16-36(12-13-37(18)28(40)41-29(2,3)4)24-11-10-19(14-22(24)31)33-27-32-15-20-25(34-27)35(5)17-38(26(20)39)23-9-7-6-8-21(23)30/h6-11,14-15,18H,12-13,16-17H2,1-5H3,(H,32,33,34). The number of nitrogens with zero attached hydrogens (tertiary/aromatic N) is 6. The zero-order valence-corrected chi connectivity index (χ0v) is 24.4. The molecule has 0 bridgehead atoms. The number of rotatable bonds is 4. The molecule has 1 unspecified atom stereocenters. The minimum absolute atomic E-state index is 0.145. The van der Waals surface area contributed by atoms with Crippen molar-refractivity contribution in [3.05, 3.63) is 65.1 Å². The molecule has 1 N–H and O–H groups in total. The highest BCUT2D eigenvalue weighted by Crippen LogP contribution is 2.33. The maximum atomic E-state index is 15.3. The number of carbonyl (C=O) groups excluding carboxylic acids is 2. The van der Waals surface area contributed by atoms with Crippen LogP contribution in [0.15, 0.2) is 48.7 Å². The third-order valence-corrected chi connectivity index (χ3v) is 7.22. The zero-order valence-electron chi connectivity index (χ0n) is 23.7. The first-order chi connectivity index (χ1) is 19.4. The second-order valence-corrected chi connectivity index (χ2v) is 11.6. The molecule has 0 aliphatic carbocycles. The monoisotopic (exact) mass is 581 g/mol. The van der Waals surface area contributed by atoms with Crippen LogP contribution in [0.2, 0.25) is 5.02 Å². The molecule has 216 valence electrons. The van der Waals surface area contributed by atoms with Crippen molar-refractivity contribution in [1.82, 2.24) is 14.9 Å². The predicted octanol–water partition coefficient (Wildman–Crippen LogP) is 5.51. The van der Waals surface area contributed by atoms with Gasteiger partial charge in [-0.25, -0.2) is 14.2 Å². The number of amides is 2. The lowest BCUT2D eigenvalue weighted by Gasteiger charge is -2.41. The first kappa shape index (κ1) is 28.4. The van der Waals surface area contributed by atoms with E-state index in [4.69, 9.17) is 16.3 Å². The van der Waals surface area contributed by atoms with Crippen molar-refractivity contribution >= 4 is 52.4 Å². The van der Waals surface area contributed by atoms with Gasteiger partial charge in [-0.15, -0.1) is 0 Å². The number of fused-ring (bicyclic) bond motifs is 1. The molecule has 5 rings (SSSR count). The number of carbonyl (C=O) groups is 2. The quantitative estimate of drug-likeness (QED) is 0.431. The first-order valence-electron chi connectivity index (χ1n) is 13.4. The van der Waals surface area contributed by atoms with Gasteiger partial charge in [-0.3, -0.25) is 9.69 Å². The smallest absolute Gasteiger partial charge is 0.410 e. The van der Waals surface area contributed by atoms with Crippen LogP contribution in [0.1, 0.15) is 38.1 Å². The van der Waals surface area contributed by atoms with Crippen LogP contribution in [-0.4, -0.2) is 71.9 Å². The fourth-order valence-corrected chi connectivity index (χ4v) is 5.20. The second-order valence-electron chi connectivity index (χ2n) is 11.2. The Morgan fingerprint density at radius 3 is 2.59 bits per heavy atom. The highest BCUT2D eigenvalue weighted by molar-refractivity contribution is 6.34. The lowest BCUT2D eigenvalue weighted by molar-refractivity contribution is 0.0158. The van der Waals surface area contributed by atoms with E-state index in [0.29, 0.717) is 53.1 Å². The summed E-state index contributed by atoms with van der Waals surface area (Å²) in [5, 5.41) is 3.52. The van der Waals surface area contributed by atoms with Crippen molar-refractivity contribution in [2.24, 2.45) is 0 Å². The summed E-state index contributed by atoms with van der Waals surface area (Å²) in [6.45, 7) is 9.06. The Morgan fingerprint density at radius 2 is 1.90 bits per heavy atom. The van der Waals surface area contributed by atoms with Crippen molar-refractivity contribution in [1.29, 1.82) is 0 Å². The third kappa shape index (κ3) is 6.00. The number of hydrogen-bond donors (Lipinski definition) is 1. The largest absolute Gasteiger partial charge is 0.444 e. The molecule has 1 atom stereocenters. The maximum absolute atomic E-state index is 15.3. The molecule has 1 fully saturated rings. The molecule has 2 amide bonds. The fourth-order valence-electron chi connectivity index (χ4n) is 4.96. The lowest BCUT2D eigenvalue weighted by atomic mass is 10.1. The molecule has 3 heterocycles. The minimum atomic E-state index is -0.577. The van der Waals surface area contributed by atoms with Gasteiger partial charge >= 0.3 is 6.09 Å². The van der Waals surface area contributed by atoms with Gasteiger partial charge in [0.2, 0.25) is 5.95 Å². The number of anilines is 5. The van der Waals surface area contributed by atoms with Crippen LogP contribution >= 0.6 is 11.6 Å². The van der Waals surface area contributed by atoms with Crippen molar-refractivity contribution in [2.45, 2.75) is 39.3 Å². The number of hydrogen-bond acceptors (Lipinski definition) is 8. The number of para-hydroxylation sites is 1. The molecule has 41 heavy (non-hydrogen) atoms. The lowest BCUT2D eigenvalue weighted by Crippen LogP contribution is -2.55. The summed E-state index contributed by atoms with van der Waals surface area (Å²) in [6, 6.07) is 11.8. The molecule has 2 aliphatic heterocycles. The zero-order chi connectivity index (χ0) is 29.5. The van der Waals surface area contributed by atoms with Crippen LogP contribution in [0.5, 0.6) is 0 Å². The Hall–Kier alpha value is -4.12. The average molecular weight is 582 g/mol. The van der Waals surface area contributed by atoms with E-state index < -0.39 is 11.4 Å². The first-order valence-corrected chi connectivity index (χ1v) is 13.7. The van der Waals surface area contributed by atoms with Crippen LogP contribution < -0.4 is 20.0 Å². The number of benzene rings is 2. The summed E-state index contributed by atoms with van der Waals surface area (Å²) in [5.41, 5.74) is 1.28. The molecular weight excluding hydrogens is 549 g/mol. The van der Waals surface area contributed by atoms with E-state index in [-0.39, 0.29) is 30.7 Å². The minimum Gasteiger partial charge on any atom is -0.444 e. The highest BCUT2D eigenvalue weighted by Gasteiger charge is 2.33. The van der Waals surface area contributed by atoms with Crippen molar-refractivity contribution in [3.8, 4) is 0 Å². The average Bonchev–Trinajstić information content (AvgIpc) is 2.90. The van der Waals surface area contributed by atoms with Gasteiger partial charge in [0.25, 0.3) is 5.91 Å². The van der Waals surface area contributed by atoms with Crippen LogP contribution in [0.25, 0.3) is 0 Å². The van der Waals surface area contributed by atoms with Gasteiger partial charge in [-0.2, -0.15) is 4.98 Å². The molecule has 2 aliphatic rings. The topological polar surface area (TPSA) is 94.1 Å². The molecule has 0 saturated carbocycles. The van der Waals surface area contributed by atoms with E-state index in [1.165, 1.54) is 12.3 Å². The number of aromatic nitrogens is 2. The second kappa shape index (κ2) is 11.0. The molecule has 3 aromatic rings. The van der Waals surface area contributed by atoms with Gasteiger partial charge in [0.15, 0.2) is 0 Å². The number of halogens is 2. The molecule has 0 spiro atoms. The fraction of sp³-hybridized carbons (Fsp3) is 0.379. The van der Waals surface area contributed by atoms with Gasteiger partial charge in [-0.05, 0) is 58.0 Å². The number of nitrogens with one attached hydrogen (secondary N) is 1. The van der Waals surface area contributed by atoms with E-state index >= 15 is 4.39 Å². The summed E-state index contributed by atoms with van der Waals surface area (Å²) < 4.78 is 20.8. The molecule has 0 radical (unpaired) electrons. The Kier molecular flexibility index (Phi) is 7.65. The Bertz CT molecular complexity index is 1480. The number of ether oxygens (including phenoxy) is 1. The van der Waals surface area contributed by atoms with Crippen LogP contribution in [0.4, 0.5) is 38.0 Å². The molecule has 2 aromatic carbocycles. The van der Waals surface area contributed by atoms with Crippen LogP contribution in [-0.2, 0) is 4.74 Å². The summed E-state index contributed by atoms with van der Waals surface area (Å²) in [6.07, 6.45) is 1.10. The van der Waals surface area contributed by atoms with E-state index in [1.54, 1.807) is 34.1 Å². The van der Waals surface area contributed by atoms with E-state index in [9.17, 15) is 9.59 Å². The summed E-state index contributed by atoms with van der Waals surface area (Å²) >= 11 is 6.33. The predicted molar refractivity (Wildman–Crippen MR) is 158 cm³/mol. The van der Waals surface area contributed by atoms with Crippen LogP contribution in [0.3, 0.4) is 0 Å².